The number of thiophene rings is 2. The minimum atomic E-state index is -0.570. The molecule has 0 fully saturated rings. The number of nitrogen functional groups attached to an aromatic ring is 1. The van der Waals surface area contributed by atoms with Crippen LogP contribution in [0.2, 0.25) is 0 Å². The molecular weight excluding hydrogens is 728 g/mol. The van der Waals surface area contributed by atoms with Crippen LogP contribution in [0.4, 0.5) is 16.5 Å². The van der Waals surface area contributed by atoms with E-state index in [0.29, 0.717) is 35.9 Å². The molecule has 4 heterocycles. The maximum atomic E-state index is 11.9. The maximum absolute atomic E-state index is 11.9. The van der Waals surface area contributed by atoms with Crippen molar-refractivity contribution < 1.29 is 38.1 Å². The molecule has 0 spiro atoms. The quantitative estimate of drug-likeness (QED) is 0.146. The predicted molar refractivity (Wildman–Crippen MR) is 181 cm³/mol. The van der Waals surface area contributed by atoms with Gasteiger partial charge in [0.05, 0.1) is 25.6 Å². The average molecular weight is 762 g/mol. The number of ether oxygens (including phenoxy) is 4. The summed E-state index contributed by atoms with van der Waals surface area (Å²) in [5, 5.41) is 10.3. The highest BCUT2D eigenvalue weighted by molar-refractivity contribution is 9.11. The van der Waals surface area contributed by atoms with Crippen LogP contribution in [0.15, 0.2) is 37.6 Å². The minimum absolute atomic E-state index is 0.234. The van der Waals surface area contributed by atoms with E-state index in [2.05, 4.69) is 36.0 Å². The summed E-state index contributed by atoms with van der Waals surface area (Å²) in [7, 11) is 2.66. The van der Waals surface area contributed by atoms with Crippen molar-refractivity contribution in [1.82, 2.24) is 9.97 Å². The Hall–Kier alpha value is -3.38. The fraction of sp³-hybridized carbons (Fsp3) is 0.357. The third-order valence-corrected chi connectivity index (χ3v) is 8.47. The summed E-state index contributed by atoms with van der Waals surface area (Å²) in [5.74, 6) is -1.64. The number of halogens is 1. The number of methoxy groups -OCH3 is 2. The summed E-state index contributed by atoms with van der Waals surface area (Å²) < 4.78 is 20.2. The number of carbonyl (C=O) groups excluding carboxylic acids is 4. The molecule has 0 aliphatic carbocycles. The van der Waals surface area contributed by atoms with Gasteiger partial charge < -0.3 is 30.0 Å². The molecule has 45 heavy (non-hydrogen) atoms. The van der Waals surface area contributed by atoms with Gasteiger partial charge in [0.25, 0.3) is 0 Å². The van der Waals surface area contributed by atoms with Gasteiger partial charge in [0, 0.05) is 10.8 Å². The van der Waals surface area contributed by atoms with Crippen LogP contribution < -0.4 is 11.1 Å². The SMILES string of the molecule is CC(C)(C)OC(=O)c1csc(Br)n1.COC(=O)c1sccc1N.COC(=O)c1sccc1Nc1nc(C(=O)OC(C)(C)C)cs1. The van der Waals surface area contributed by atoms with Gasteiger partial charge in [-0.05, 0) is 80.4 Å². The highest BCUT2D eigenvalue weighted by Gasteiger charge is 2.22. The Kier molecular flexibility index (Phi) is 14.1. The van der Waals surface area contributed by atoms with Crippen molar-refractivity contribution in [1.29, 1.82) is 0 Å². The van der Waals surface area contributed by atoms with E-state index in [1.54, 1.807) is 54.4 Å². The highest BCUT2D eigenvalue weighted by Crippen LogP contribution is 2.29. The number of rotatable bonds is 6. The monoisotopic (exact) mass is 760 g/mol. The molecule has 3 N–H and O–H groups in total. The Labute approximate surface area is 285 Å². The van der Waals surface area contributed by atoms with Gasteiger partial charge in [-0.25, -0.2) is 29.1 Å². The molecule has 0 radical (unpaired) electrons. The molecule has 0 bridgehead atoms. The first-order chi connectivity index (χ1) is 20.9. The van der Waals surface area contributed by atoms with Crippen molar-refractivity contribution >= 4 is 102 Å². The van der Waals surface area contributed by atoms with E-state index in [1.807, 2.05) is 20.8 Å². The van der Waals surface area contributed by atoms with Crippen LogP contribution in [-0.4, -0.2) is 59.3 Å². The Morgan fingerprint density at radius 3 is 1.69 bits per heavy atom. The second-order valence-electron chi connectivity index (χ2n) is 10.5. The topological polar surface area (TPSA) is 169 Å². The predicted octanol–water partition coefficient (Wildman–Crippen LogP) is 7.67. The Bertz CT molecular complexity index is 1600. The number of carbonyl (C=O) groups is 4. The van der Waals surface area contributed by atoms with Crippen molar-refractivity contribution in [3.05, 3.63) is 58.7 Å². The molecule has 4 rings (SSSR count). The minimum Gasteiger partial charge on any atom is -0.465 e. The molecule has 0 aromatic carbocycles. The van der Waals surface area contributed by atoms with Crippen LogP contribution in [0.3, 0.4) is 0 Å². The van der Waals surface area contributed by atoms with Crippen LogP contribution in [0.5, 0.6) is 0 Å². The highest BCUT2D eigenvalue weighted by atomic mass is 79.9. The zero-order chi connectivity index (χ0) is 33.9. The van der Waals surface area contributed by atoms with E-state index in [0.717, 1.165) is 0 Å². The van der Waals surface area contributed by atoms with Gasteiger partial charge in [-0.15, -0.1) is 45.3 Å². The van der Waals surface area contributed by atoms with E-state index in [4.69, 9.17) is 19.9 Å². The number of thiazole rings is 2. The van der Waals surface area contributed by atoms with Gasteiger partial charge in [0.2, 0.25) is 0 Å². The van der Waals surface area contributed by atoms with E-state index in [-0.39, 0.29) is 17.6 Å². The van der Waals surface area contributed by atoms with Crippen molar-refractivity contribution in [3.63, 3.8) is 0 Å². The zero-order valence-corrected chi connectivity index (χ0v) is 30.6. The fourth-order valence-corrected chi connectivity index (χ4v) is 5.96. The molecular formula is C28H33BrN4O8S4. The summed E-state index contributed by atoms with van der Waals surface area (Å²) in [6, 6.07) is 3.43. The van der Waals surface area contributed by atoms with Gasteiger partial charge in [-0.1, -0.05) is 0 Å². The molecule has 0 amide bonds. The van der Waals surface area contributed by atoms with E-state index >= 15 is 0 Å². The first-order valence-electron chi connectivity index (χ1n) is 12.8. The molecule has 12 nitrogen and oxygen atoms in total. The molecule has 4 aromatic rings. The number of nitrogens with zero attached hydrogens (tertiary/aromatic N) is 2. The van der Waals surface area contributed by atoms with Crippen LogP contribution in [0.1, 0.15) is 81.9 Å². The van der Waals surface area contributed by atoms with Crippen LogP contribution in [0.25, 0.3) is 0 Å². The van der Waals surface area contributed by atoms with Gasteiger partial charge in [0.15, 0.2) is 20.4 Å². The molecule has 0 atom stereocenters. The van der Waals surface area contributed by atoms with Gasteiger partial charge in [0.1, 0.15) is 21.0 Å². The van der Waals surface area contributed by atoms with Crippen LogP contribution in [0, 0.1) is 0 Å². The number of aromatic nitrogens is 2. The Balaban J connectivity index is 0.000000259. The second kappa shape index (κ2) is 16.8. The summed E-state index contributed by atoms with van der Waals surface area (Å²) in [4.78, 5) is 54.8. The summed E-state index contributed by atoms with van der Waals surface area (Å²) >= 11 is 8.36. The Morgan fingerprint density at radius 1 is 0.733 bits per heavy atom. The van der Waals surface area contributed by atoms with E-state index in [9.17, 15) is 19.2 Å². The van der Waals surface area contributed by atoms with Gasteiger partial charge >= 0.3 is 23.9 Å². The molecule has 0 unspecified atom stereocenters. The lowest BCUT2D eigenvalue weighted by Crippen LogP contribution is -2.24. The molecule has 0 aliphatic heterocycles. The van der Waals surface area contributed by atoms with Crippen molar-refractivity contribution in [2.24, 2.45) is 0 Å². The summed E-state index contributed by atoms with van der Waals surface area (Å²) in [5.41, 5.74) is 6.06. The largest absolute Gasteiger partial charge is 0.465 e. The number of hydrogen-bond acceptors (Lipinski definition) is 16. The normalized spacial score (nSPS) is 10.8. The molecule has 17 heteroatoms. The summed E-state index contributed by atoms with van der Waals surface area (Å²) in [6.45, 7) is 10.9. The zero-order valence-electron chi connectivity index (χ0n) is 25.7. The number of anilines is 3. The van der Waals surface area contributed by atoms with Crippen molar-refractivity contribution in [2.45, 2.75) is 52.7 Å². The second-order valence-corrected chi connectivity index (χ2v) is 15.3. The number of nitrogens with two attached hydrogens (primary N) is 1. The van der Waals surface area contributed by atoms with Crippen LogP contribution >= 0.6 is 61.3 Å². The molecule has 244 valence electrons. The Morgan fingerprint density at radius 2 is 1.22 bits per heavy atom. The lowest BCUT2D eigenvalue weighted by Gasteiger charge is -2.18. The third kappa shape index (κ3) is 12.9. The molecule has 4 aromatic heterocycles. The van der Waals surface area contributed by atoms with Gasteiger partial charge in [-0.3, -0.25) is 0 Å². The number of esters is 4. The third-order valence-electron chi connectivity index (χ3n) is 4.54. The van der Waals surface area contributed by atoms with E-state index < -0.39 is 23.1 Å². The van der Waals surface area contributed by atoms with Crippen molar-refractivity contribution in [2.75, 3.05) is 25.3 Å². The fourth-order valence-electron chi connectivity index (χ4n) is 2.78. The number of hydrogen-bond donors (Lipinski definition) is 2. The van der Waals surface area contributed by atoms with Gasteiger partial charge in [-0.2, -0.15) is 0 Å². The lowest BCUT2D eigenvalue weighted by molar-refractivity contribution is 0.00514. The van der Waals surface area contributed by atoms with E-state index in [1.165, 1.54) is 59.6 Å². The first-order valence-corrected chi connectivity index (χ1v) is 17.1. The standard InChI is InChI=1S/C14H16N2O4S2.C8H10BrNO2S.C6H7NO2S/c1-14(2,3)20-11(17)9-7-22-13(16-9)15-8-5-6-21-10(8)12(18)19-4;1-8(2,3)12-6(11)5-4-13-7(9)10-5;1-9-6(8)5-4(7)2-3-10-5/h5-7H,1-4H3,(H,15,16);4H,1-3H3;2-3H,7H2,1H3. The lowest BCUT2D eigenvalue weighted by atomic mass is 10.2. The molecule has 0 saturated carbocycles. The van der Waals surface area contributed by atoms with Crippen molar-refractivity contribution in [3.8, 4) is 0 Å². The smallest absolute Gasteiger partial charge is 0.358 e. The maximum Gasteiger partial charge on any atom is 0.358 e. The van der Waals surface area contributed by atoms with Crippen LogP contribution in [-0.2, 0) is 18.9 Å². The summed E-state index contributed by atoms with van der Waals surface area (Å²) in [6.07, 6.45) is 0. The number of nitrogens with one attached hydrogen (secondary N) is 1. The molecule has 0 aliphatic rings. The average Bonchev–Trinajstić information content (AvgIpc) is 3.75. The molecule has 0 saturated heterocycles. The first kappa shape index (κ1) is 37.8.